The van der Waals surface area contributed by atoms with Crippen LogP contribution in [0.15, 0.2) is 53.3 Å². The van der Waals surface area contributed by atoms with Gasteiger partial charge in [-0.2, -0.15) is 31.4 Å². The first-order valence-electron chi connectivity index (χ1n) is 11.4. The zero-order valence-electron chi connectivity index (χ0n) is 20.7. The van der Waals surface area contributed by atoms with Gasteiger partial charge < -0.3 is 9.84 Å². The van der Waals surface area contributed by atoms with Gasteiger partial charge in [-0.25, -0.2) is 14.3 Å². The molecule has 14 heteroatoms. The lowest BCUT2D eigenvalue weighted by Gasteiger charge is -2.25. The molecule has 4 rings (SSSR count). The van der Waals surface area contributed by atoms with Crippen LogP contribution in [0.5, 0.6) is 0 Å². The Morgan fingerprint density at radius 3 is 1.84 bits per heavy atom. The fraction of sp³-hybridized carbons (Fsp3) is 0.417. The van der Waals surface area contributed by atoms with E-state index in [9.17, 15) is 35.5 Å². The summed E-state index contributed by atoms with van der Waals surface area (Å²) < 4.78 is 90.4. The molecule has 212 valence electrons. The largest absolute Gasteiger partial charge is 0.416 e. The number of nitrogens with one attached hydrogen (secondary N) is 2. The van der Waals surface area contributed by atoms with Crippen molar-refractivity contribution in [1.82, 2.24) is 20.1 Å². The molecule has 0 amide bonds. The Hall–Kier alpha value is -3.23. The van der Waals surface area contributed by atoms with Gasteiger partial charge in [0.25, 0.3) is 0 Å². The van der Waals surface area contributed by atoms with Crippen molar-refractivity contribution in [3.05, 3.63) is 87.3 Å². The van der Waals surface area contributed by atoms with Crippen molar-refractivity contribution in [2.75, 3.05) is 26.3 Å². The number of H-pyrrole nitrogens is 2. The molecular formula is C24H29F7N4O3. The minimum Gasteiger partial charge on any atom is -0.392 e. The first-order chi connectivity index (χ1) is 17.9. The van der Waals surface area contributed by atoms with Crippen molar-refractivity contribution in [2.45, 2.75) is 39.4 Å². The molecule has 2 heterocycles. The van der Waals surface area contributed by atoms with Crippen LogP contribution in [0, 0.1) is 5.82 Å². The second-order valence-corrected chi connectivity index (χ2v) is 7.38. The van der Waals surface area contributed by atoms with E-state index >= 15 is 0 Å². The van der Waals surface area contributed by atoms with Crippen LogP contribution < -0.4 is 5.69 Å². The SMILES string of the molecule is CC.Fc1ccccc1.O=c1[nH]nc(CN2CCOCC2)[nH]1.OCc1cc(C(F)(F)F)cc(C(F)(F)F)c1. The maximum absolute atomic E-state index is 12.2. The molecule has 0 atom stereocenters. The second-order valence-electron chi connectivity index (χ2n) is 7.38. The highest BCUT2D eigenvalue weighted by Gasteiger charge is 2.36. The summed E-state index contributed by atoms with van der Waals surface area (Å²) in [5, 5.41) is 14.8. The molecule has 0 aliphatic carbocycles. The molecular weight excluding hydrogens is 525 g/mol. The highest BCUT2D eigenvalue weighted by atomic mass is 19.4. The highest BCUT2D eigenvalue weighted by Crippen LogP contribution is 2.36. The van der Waals surface area contributed by atoms with Crippen LogP contribution in [0.4, 0.5) is 30.7 Å². The Kier molecular flexibility index (Phi) is 13.7. The first kappa shape index (κ1) is 32.8. The Labute approximate surface area is 214 Å². The van der Waals surface area contributed by atoms with Gasteiger partial charge in [-0.1, -0.05) is 32.0 Å². The normalized spacial score (nSPS) is 13.7. The monoisotopic (exact) mass is 554 g/mol. The number of aliphatic hydroxyl groups excluding tert-OH is 1. The molecule has 2 aromatic carbocycles. The van der Waals surface area contributed by atoms with Gasteiger partial charge in [-0.3, -0.25) is 9.88 Å². The molecule has 0 radical (unpaired) electrons. The van der Waals surface area contributed by atoms with Crippen molar-refractivity contribution in [2.24, 2.45) is 0 Å². The van der Waals surface area contributed by atoms with Crippen LogP contribution in [0.25, 0.3) is 0 Å². The number of aromatic nitrogens is 3. The average molecular weight is 555 g/mol. The highest BCUT2D eigenvalue weighted by molar-refractivity contribution is 5.33. The van der Waals surface area contributed by atoms with E-state index in [2.05, 4.69) is 20.1 Å². The number of hydrogen-bond acceptors (Lipinski definition) is 5. The summed E-state index contributed by atoms with van der Waals surface area (Å²) in [6.45, 7) is 7.11. The standard InChI is InChI=1S/C9H6F6O.C7H12N4O2.C6H5F.C2H6/c10-8(11,12)6-1-5(4-16)2-7(3-6)9(13,14)15;12-7-8-6(9-10-7)5-11-1-3-13-4-2-11;7-6-4-2-1-3-5-6;1-2/h1-3,16H,4H2;1-5H2,(H2,8,9,10,12);1-5H;1-2H3. The van der Waals surface area contributed by atoms with Gasteiger partial charge in [0.1, 0.15) is 11.6 Å². The first-order valence-corrected chi connectivity index (χ1v) is 11.4. The third kappa shape index (κ3) is 12.3. The van der Waals surface area contributed by atoms with Gasteiger partial charge in [0.15, 0.2) is 0 Å². The zero-order valence-corrected chi connectivity index (χ0v) is 20.7. The number of aliphatic hydroxyl groups is 1. The van der Waals surface area contributed by atoms with E-state index in [1.807, 2.05) is 13.8 Å². The quantitative estimate of drug-likeness (QED) is 0.397. The van der Waals surface area contributed by atoms with E-state index in [1.54, 1.807) is 18.2 Å². The van der Waals surface area contributed by atoms with Crippen LogP contribution in [0.1, 0.15) is 36.4 Å². The van der Waals surface area contributed by atoms with Crippen molar-refractivity contribution in [3.8, 4) is 0 Å². The predicted octanol–water partition coefficient (Wildman–Crippen LogP) is 5.00. The van der Waals surface area contributed by atoms with Crippen molar-refractivity contribution in [1.29, 1.82) is 0 Å². The molecule has 0 spiro atoms. The summed E-state index contributed by atoms with van der Waals surface area (Å²) in [6.07, 6.45) is -9.74. The van der Waals surface area contributed by atoms with Gasteiger partial charge >= 0.3 is 18.0 Å². The smallest absolute Gasteiger partial charge is 0.392 e. The van der Waals surface area contributed by atoms with Crippen LogP contribution >= 0.6 is 0 Å². The minimum absolute atomic E-state index is 0.0131. The number of benzene rings is 2. The van der Waals surface area contributed by atoms with Crippen LogP contribution in [0.2, 0.25) is 0 Å². The van der Waals surface area contributed by atoms with E-state index in [1.165, 1.54) is 12.1 Å². The molecule has 1 aliphatic rings. The van der Waals surface area contributed by atoms with Crippen LogP contribution in [-0.4, -0.2) is 51.5 Å². The summed E-state index contributed by atoms with van der Waals surface area (Å²) in [5.74, 6) is 0.509. The number of morpholine rings is 1. The fourth-order valence-corrected chi connectivity index (χ4v) is 2.88. The molecule has 3 aromatic rings. The van der Waals surface area contributed by atoms with Crippen molar-refractivity contribution < 1.29 is 40.6 Å². The molecule has 1 aromatic heterocycles. The number of rotatable bonds is 3. The van der Waals surface area contributed by atoms with Crippen LogP contribution in [-0.2, 0) is 30.2 Å². The lowest BCUT2D eigenvalue weighted by Crippen LogP contribution is -2.36. The summed E-state index contributed by atoms with van der Waals surface area (Å²) in [4.78, 5) is 15.5. The molecule has 38 heavy (non-hydrogen) atoms. The predicted molar refractivity (Wildman–Crippen MR) is 125 cm³/mol. The van der Waals surface area contributed by atoms with E-state index in [0.717, 1.165) is 26.3 Å². The molecule has 1 saturated heterocycles. The number of ether oxygens (including phenoxy) is 1. The topological polar surface area (TPSA) is 94.2 Å². The van der Waals surface area contributed by atoms with E-state index in [4.69, 9.17) is 9.84 Å². The van der Waals surface area contributed by atoms with Gasteiger partial charge in [0.2, 0.25) is 0 Å². The molecule has 1 fully saturated rings. The molecule has 1 aliphatic heterocycles. The van der Waals surface area contributed by atoms with Gasteiger partial charge in [-0.05, 0) is 35.9 Å². The fourth-order valence-electron chi connectivity index (χ4n) is 2.88. The summed E-state index contributed by atoms with van der Waals surface area (Å²) in [5.41, 5.74) is -3.52. The maximum atomic E-state index is 12.2. The lowest BCUT2D eigenvalue weighted by atomic mass is 10.1. The molecule has 7 nitrogen and oxygen atoms in total. The molecule has 0 saturated carbocycles. The number of nitrogens with zero attached hydrogens (tertiary/aromatic N) is 2. The van der Waals surface area contributed by atoms with Gasteiger partial charge in [0, 0.05) is 13.1 Å². The van der Waals surface area contributed by atoms with Gasteiger partial charge in [-0.15, -0.1) is 0 Å². The van der Waals surface area contributed by atoms with Crippen molar-refractivity contribution >= 4 is 0 Å². The van der Waals surface area contributed by atoms with Crippen LogP contribution in [0.3, 0.4) is 0 Å². The minimum atomic E-state index is -4.87. The molecule has 0 bridgehead atoms. The third-order valence-electron chi connectivity index (χ3n) is 4.59. The van der Waals surface area contributed by atoms with Crippen molar-refractivity contribution in [3.63, 3.8) is 0 Å². The lowest BCUT2D eigenvalue weighted by molar-refractivity contribution is -0.143. The average Bonchev–Trinajstić information content (AvgIpc) is 3.30. The Balaban J connectivity index is 0.000000293. The van der Waals surface area contributed by atoms with E-state index in [0.29, 0.717) is 24.5 Å². The molecule has 0 unspecified atom stereocenters. The Morgan fingerprint density at radius 1 is 0.947 bits per heavy atom. The Morgan fingerprint density at radius 2 is 1.47 bits per heavy atom. The number of hydrogen-bond donors (Lipinski definition) is 3. The van der Waals surface area contributed by atoms with Gasteiger partial charge in [0.05, 0.1) is 37.5 Å². The third-order valence-corrected chi connectivity index (χ3v) is 4.59. The number of aromatic amines is 2. The summed E-state index contributed by atoms with van der Waals surface area (Å²) in [7, 11) is 0. The maximum Gasteiger partial charge on any atom is 0.416 e. The second kappa shape index (κ2) is 15.9. The number of alkyl halides is 6. The summed E-state index contributed by atoms with van der Waals surface area (Å²) >= 11 is 0. The molecule has 3 N–H and O–H groups in total. The zero-order chi connectivity index (χ0) is 28.8. The Bertz CT molecular complexity index is 1080. The van der Waals surface area contributed by atoms with E-state index < -0.39 is 35.6 Å². The summed E-state index contributed by atoms with van der Waals surface area (Å²) in [6, 6.07) is 8.91. The number of halogens is 7. The van der Waals surface area contributed by atoms with E-state index in [-0.39, 0.29) is 17.6 Å².